The number of carbonyl (C=O) groups excluding carboxylic acids is 1. The molecule has 10 heteroatoms. The number of nitrogens with zero attached hydrogens (tertiary/aromatic N) is 3. The van der Waals surface area contributed by atoms with Gasteiger partial charge in [0.15, 0.2) is 0 Å². The zero-order chi connectivity index (χ0) is 18.0. The number of benzene rings is 2. The fourth-order valence-electron chi connectivity index (χ4n) is 1.95. The van der Waals surface area contributed by atoms with Crippen LogP contribution in [-0.4, -0.2) is 21.0 Å². The van der Waals surface area contributed by atoms with Gasteiger partial charge < -0.3 is 0 Å². The van der Waals surface area contributed by atoms with Crippen LogP contribution in [-0.2, 0) is 0 Å². The highest BCUT2D eigenvalue weighted by Crippen LogP contribution is 2.28. The molecule has 1 amide bonds. The topological polar surface area (TPSA) is 98.0 Å². The molecule has 7 nitrogen and oxygen atoms in total. The van der Waals surface area contributed by atoms with Crippen LogP contribution in [0.5, 0.6) is 0 Å². The summed E-state index contributed by atoms with van der Waals surface area (Å²) in [6.07, 6.45) is 0. The number of halogens is 2. The van der Waals surface area contributed by atoms with Crippen LogP contribution in [0.15, 0.2) is 42.5 Å². The third-order valence-corrected chi connectivity index (χ3v) is 4.60. The highest BCUT2D eigenvalue weighted by Gasteiger charge is 2.17. The fraction of sp³-hybridized carbons (Fsp3) is 0. The second-order valence-corrected chi connectivity index (χ2v) is 6.62. The van der Waals surface area contributed by atoms with E-state index in [4.69, 9.17) is 23.2 Å². The van der Waals surface area contributed by atoms with Gasteiger partial charge in [-0.3, -0.25) is 20.2 Å². The maximum absolute atomic E-state index is 12.3. The molecule has 0 atom stereocenters. The molecule has 0 fully saturated rings. The van der Waals surface area contributed by atoms with Crippen molar-refractivity contribution in [2.45, 2.75) is 0 Å². The standard InChI is InChI=1S/C15H8Cl2N4O3S/c16-9-3-1-8(2-4-9)14-19-20-15(25-14)18-13(22)11-6-5-10(21(23)24)7-12(11)17/h1-7H,(H,18,20,22). The molecule has 3 rings (SSSR count). The van der Waals surface area contributed by atoms with Crippen LogP contribution < -0.4 is 5.32 Å². The van der Waals surface area contributed by atoms with Crippen molar-refractivity contribution in [1.82, 2.24) is 10.2 Å². The third kappa shape index (κ3) is 3.93. The molecular formula is C15H8Cl2N4O3S. The molecule has 0 unspecified atom stereocenters. The third-order valence-electron chi connectivity index (χ3n) is 3.14. The predicted molar refractivity (Wildman–Crippen MR) is 96.4 cm³/mol. The minimum Gasteiger partial charge on any atom is -0.296 e. The summed E-state index contributed by atoms with van der Waals surface area (Å²) in [5.41, 5.74) is 0.730. The summed E-state index contributed by atoms with van der Waals surface area (Å²) >= 11 is 13.0. The van der Waals surface area contributed by atoms with E-state index in [1.54, 1.807) is 24.3 Å². The molecule has 1 heterocycles. The van der Waals surface area contributed by atoms with Gasteiger partial charge in [0.05, 0.1) is 15.5 Å². The van der Waals surface area contributed by atoms with Crippen LogP contribution in [0.2, 0.25) is 10.0 Å². The monoisotopic (exact) mass is 394 g/mol. The number of nitro benzene ring substituents is 1. The van der Waals surface area contributed by atoms with E-state index in [9.17, 15) is 14.9 Å². The van der Waals surface area contributed by atoms with Crippen molar-refractivity contribution in [3.8, 4) is 10.6 Å². The SMILES string of the molecule is O=C(Nc1nnc(-c2ccc(Cl)cc2)s1)c1ccc([N+](=O)[O-])cc1Cl. The molecule has 1 N–H and O–H groups in total. The number of non-ortho nitro benzene ring substituents is 1. The minimum atomic E-state index is -0.587. The lowest BCUT2D eigenvalue weighted by molar-refractivity contribution is -0.384. The van der Waals surface area contributed by atoms with Crippen LogP contribution in [0.25, 0.3) is 10.6 Å². The molecule has 0 aliphatic carbocycles. The highest BCUT2D eigenvalue weighted by molar-refractivity contribution is 7.18. The van der Waals surface area contributed by atoms with E-state index in [1.807, 2.05) is 0 Å². The second kappa shape index (κ2) is 7.14. The summed E-state index contributed by atoms with van der Waals surface area (Å²) in [5, 5.41) is 22.7. The Morgan fingerprint density at radius 1 is 1.12 bits per heavy atom. The van der Waals surface area contributed by atoms with Gasteiger partial charge in [-0.2, -0.15) is 0 Å². The van der Waals surface area contributed by atoms with Crippen LogP contribution in [0.4, 0.5) is 10.8 Å². The minimum absolute atomic E-state index is 0.0193. The quantitative estimate of drug-likeness (QED) is 0.511. The second-order valence-electron chi connectivity index (χ2n) is 4.79. The Morgan fingerprint density at radius 3 is 2.48 bits per heavy atom. The molecule has 1 aromatic heterocycles. The maximum atomic E-state index is 12.3. The van der Waals surface area contributed by atoms with E-state index < -0.39 is 10.8 Å². The number of aromatic nitrogens is 2. The Labute approximate surface area is 155 Å². The average Bonchev–Trinajstić information content (AvgIpc) is 3.03. The number of hydrogen-bond acceptors (Lipinski definition) is 6. The molecule has 2 aromatic carbocycles. The molecule has 0 saturated carbocycles. The van der Waals surface area contributed by atoms with E-state index in [2.05, 4.69) is 15.5 Å². The normalized spacial score (nSPS) is 10.5. The first kappa shape index (κ1) is 17.3. The molecule has 3 aromatic rings. The molecule has 126 valence electrons. The average molecular weight is 395 g/mol. The highest BCUT2D eigenvalue weighted by atomic mass is 35.5. The summed E-state index contributed by atoms with van der Waals surface area (Å²) < 4.78 is 0. The van der Waals surface area contributed by atoms with Crippen molar-refractivity contribution in [2.75, 3.05) is 5.32 Å². The summed E-state index contributed by atoms with van der Waals surface area (Å²) in [4.78, 5) is 22.4. The summed E-state index contributed by atoms with van der Waals surface area (Å²) in [7, 11) is 0. The summed E-state index contributed by atoms with van der Waals surface area (Å²) in [6.45, 7) is 0. The van der Waals surface area contributed by atoms with E-state index in [1.165, 1.54) is 23.5 Å². The number of carbonyl (C=O) groups is 1. The Hall–Kier alpha value is -2.55. The van der Waals surface area contributed by atoms with Gasteiger partial charge in [0.1, 0.15) is 5.01 Å². The molecule has 0 saturated heterocycles. The van der Waals surface area contributed by atoms with Crippen molar-refractivity contribution >= 4 is 51.3 Å². The van der Waals surface area contributed by atoms with Gasteiger partial charge in [-0.15, -0.1) is 10.2 Å². The first-order chi connectivity index (χ1) is 11.9. The van der Waals surface area contributed by atoms with Crippen LogP contribution >= 0.6 is 34.5 Å². The Bertz CT molecular complexity index is 960. The first-order valence-electron chi connectivity index (χ1n) is 6.79. The summed E-state index contributed by atoms with van der Waals surface area (Å²) in [6, 6.07) is 10.7. The predicted octanol–water partition coefficient (Wildman–Crippen LogP) is 4.67. The molecule has 0 aliphatic heterocycles. The van der Waals surface area contributed by atoms with Crippen LogP contribution in [0.1, 0.15) is 10.4 Å². The van der Waals surface area contributed by atoms with Gasteiger partial charge in [0.2, 0.25) is 5.13 Å². The number of hydrogen-bond donors (Lipinski definition) is 1. The van der Waals surface area contributed by atoms with Crippen molar-refractivity contribution in [3.05, 3.63) is 68.2 Å². The largest absolute Gasteiger partial charge is 0.296 e. The maximum Gasteiger partial charge on any atom is 0.270 e. The van der Waals surface area contributed by atoms with Gasteiger partial charge in [0, 0.05) is 22.7 Å². The zero-order valence-corrected chi connectivity index (χ0v) is 14.6. The lowest BCUT2D eigenvalue weighted by Gasteiger charge is -2.03. The van der Waals surface area contributed by atoms with Gasteiger partial charge in [-0.25, -0.2) is 0 Å². The molecule has 0 bridgehead atoms. The van der Waals surface area contributed by atoms with Crippen LogP contribution in [0, 0.1) is 10.1 Å². The van der Waals surface area contributed by atoms with Gasteiger partial charge in [-0.05, 0) is 18.2 Å². The lowest BCUT2D eigenvalue weighted by Crippen LogP contribution is -2.12. The van der Waals surface area contributed by atoms with Crippen molar-refractivity contribution in [2.24, 2.45) is 0 Å². The van der Waals surface area contributed by atoms with Gasteiger partial charge in [0.25, 0.3) is 11.6 Å². The number of nitrogens with one attached hydrogen (secondary N) is 1. The fourth-order valence-corrected chi connectivity index (χ4v) is 3.08. The number of nitro groups is 1. The van der Waals surface area contributed by atoms with Crippen molar-refractivity contribution in [1.29, 1.82) is 0 Å². The van der Waals surface area contributed by atoms with Gasteiger partial charge >= 0.3 is 0 Å². The molecule has 0 aliphatic rings. The number of amides is 1. The Morgan fingerprint density at radius 2 is 1.84 bits per heavy atom. The first-order valence-corrected chi connectivity index (χ1v) is 8.36. The van der Waals surface area contributed by atoms with E-state index in [0.29, 0.717) is 10.0 Å². The molecule has 0 spiro atoms. The van der Waals surface area contributed by atoms with E-state index in [-0.39, 0.29) is 21.4 Å². The van der Waals surface area contributed by atoms with Crippen LogP contribution in [0.3, 0.4) is 0 Å². The lowest BCUT2D eigenvalue weighted by atomic mass is 10.2. The molecular weight excluding hydrogens is 387 g/mol. The van der Waals surface area contributed by atoms with Crippen molar-refractivity contribution in [3.63, 3.8) is 0 Å². The van der Waals surface area contributed by atoms with E-state index >= 15 is 0 Å². The number of anilines is 1. The smallest absolute Gasteiger partial charge is 0.270 e. The van der Waals surface area contributed by atoms with Crippen molar-refractivity contribution < 1.29 is 9.72 Å². The Kier molecular flexibility index (Phi) is 4.93. The molecule has 0 radical (unpaired) electrons. The Balaban J connectivity index is 1.78. The number of rotatable bonds is 4. The van der Waals surface area contributed by atoms with Gasteiger partial charge in [-0.1, -0.05) is 46.7 Å². The zero-order valence-electron chi connectivity index (χ0n) is 12.3. The van der Waals surface area contributed by atoms with E-state index in [0.717, 1.165) is 11.6 Å². The molecule has 25 heavy (non-hydrogen) atoms. The summed E-state index contributed by atoms with van der Waals surface area (Å²) in [5.74, 6) is -0.529.